The first kappa shape index (κ1) is 17.4. The number of hydrogen-bond donors (Lipinski definition) is 3. The summed E-state index contributed by atoms with van der Waals surface area (Å²) in [5.41, 5.74) is 2.53. The minimum Gasteiger partial charge on any atom is -0.396 e. The molecule has 6 heteroatoms. The monoisotopic (exact) mass is 340 g/mol. The largest absolute Gasteiger partial charge is 0.396 e. The van der Waals surface area contributed by atoms with E-state index in [1.807, 2.05) is 37.3 Å². The molecule has 1 heterocycles. The van der Waals surface area contributed by atoms with Crippen LogP contribution in [0.2, 0.25) is 0 Å². The van der Waals surface area contributed by atoms with E-state index in [2.05, 4.69) is 20.6 Å². The fraction of sp³-hybridized carbons (Fsp3) is 0.421. The van der Waals surface area contributed by atoms with E-state index in [1.54, 1.807) is 6.20 Å². The molecule has 6 nitrogen and oxygen atoms in total. The fourth-order valence-corrected chi connectivity index (χ4v) is 3.24. The summed E-state index contributed by atoms with van der Waals surface area (Å²) in [7, 11) is 0. The van der Waals surface area contributed by atoms with Gasteiger partial charge < -0.3 is 15.7 Å². The Labute approximate surface area is 147 Å². The van der Waals surface area contributed by atoms with Crippen LogP contribution >= 0.6 is 0 Å². The third kappa shape index (κ3) is 4.54. The molecule has 1 fully saturated rings. The van der Waals surface area contributed by atoms with Gasteiger partial charge in [-0.3, -0.25) is 0 Å². The Morgan fingerprint density at radius 3 is 2.68 bits per heavy atom. The number of aliphatic hydroxyl groups excluding tert-OH is 1. The number of carbonyl (C=O) groups is 1. The lowest BCUT2D eigenvalue weighted by molar-refractivity contribution is 0.156. The molecule has 3 rings (SSSR count). The summed E-state index contributed by atoms with van der Waals surface area (Å²) in [6, 6.07) is 9.12. The lowest BCUT2D eigenvalue weighted by Gasteiger charge is -2.30. The van der Waals surface area contributed by atoms with E-state index in [9.17, 15) is 9.90 Å². The second-order valence-corrected chi connectivity index (χ2v) is 6.53. The Hall–Kier alpha value is -2.47. The highest BCUT2D eigenvalue weighted by Crippen LogP contribution is 2.24. The number of nitrogens with one attached hydrogen (secondary N) is 2. The smallest absolute Gasteiger partial charge is 0.319 e. The van der Waals surface area contributed by atoms with E-state index in [4.69, 9.17) is 0 Å². The van der Waals surface area contributed by atoms with Gasteiger partial charge in [-0.05, 0) is 50.1 Å². The maximum Gasteiger partial charge on any atom is 0.319 e. The molecular formula is C19H24N4O2. The van der Waals surface area contributed by atoms with Crippen LogP contribution in [0.25, 0.3) is 11.4 Å². The van der Waals surface area contributed by atoms with Crippen molar-refractivity contribution < 1.29 is 9.90 Å². The Balaban J connectivity index is 1.60. The summed E-state index contributed by atoms with van der Waals surface area (Å²) >= 11 is 0. The third-order valence-electron chi connectivity index (χ3n) is 4.66. The number of anilines is 1. The van der Waals surface area contributed by atoms with Gasteiger partial charge in [0.25, 0.3) is 0 Å². The lowest BCUT2D eigenvalue weighted by atomic mass is 9.85. The molecule has 1 aromatic carbocycles. The molecule has 2 aromatic rings. The Morgan fingerprint density at radius 1 is 1.20 bits per heavy atom. The van der Waals surface area contributed by atoms with E-state index in [0.29, 0.717) is 11.5 Å². The molecule has 1 aromatic heterocycles. The number of carbonyl (C=O) groups excluding carboxylic acids is 1. The van der Waals surface area contributed by atoms with Gasteiger partial charge in [0, 0.05) is 41.7 Å². The van der Waals surface area contributed by atoms with Crippen LogP contribution in [-0.4, -0.2) is 33.8 Å². The van der Waals surface area contributed by atoms with Crippen LogP contribution < -0.4 is 10.6 Å². The van der Waals surface area contributed by atoms with Crippen LogP contribution in [0, 0.1) is 12.8 Å². The number of aryl methyl sites for hydroxylation is 1. The van der Waals surface area contributed by atoms with E-state index < -0.39 is 0 Å². The van der Waals surface area contributed by atoms with Gasteiger partial charge in [0.1, 0.15) is 0 Å². The summed E-state index contributed by atoms with van der Waals surface area (Å²) in [5, 5.41) is 15.3. The number of rotatable bonds is 4. The molecule has 0 radical (unpaired) electrons. The van der Waals surface area contributed by atoms with E-state index in [1.165, 1.54) is 0 Å². The molecule has 0 bridgehead atoms. The quantitative estimate of drug-likeness (QED) is 0.798. The Morgan fingerprint density at radius 2 is 1.96 bits per heavy atom. The van der Waals surface area contributed by atoms with Crippen molar-refractivity contribution in [3.05, 3.63) is 42.2 Å². The van der Waals surface area contributed by atoms with Crippen molar-refractivity contribution in [2.45, 2.75) is 38.6 Å². The van der Waals surface area contributed by atoms with Crippen LogP contribution in [0.3, 0.4) is 0 Å². The van der Waals surface area contributed by atoms with Crippen molar-refractivity contribution in [1.29, 1.82) is 0 Å². The average molecular weight is 340 g/mol. The molecule has 0 unspecified atom stereocenters. The first-order valence-corrected chi connectivity index (χ1v) is 8.74. The SMILES string of the molecule is Cc1ccnc(-c2ccc(NC(=O)N[C@@H]3CCCC[C@H]3CO)cc2)n1. The van der Waals surface area contributed by atoms with Crippen molar-refractivity contribution >= 4 is 11.7 Å². The van der Waals surface area contributed by atoms with Crippen molar-refractivity contribution in [2.24, 2.45) is 5.92 Å². The number of nitrogens with zero attached hydrogens (tertiary/aromatic N) is 2. The first-order chi connectivity index (χ1) is 12.2. The summed E-state index contributed by atoms with van der Waals surface area (Å²) in [6.45, 7) is 2.05. The number of hydrogen-bond acceptors (Lipinski definition) is 4. The molecule has 2 atom stereocenters. The van der Waals surface area contributed by atoms with Crippen LogP contribution in [0.15, 0.2) is 36.5 Å². The maximum atomic E-state index is 12.2. The van der Waals surface area contributed by atoms with Crippen LogP contribution in [0.4, 0.5) is 10.5 Å². The Bertz CT molecular complexity index is 718. The zero-order valence-corrected chi connectivity index (χ0v) is 14.4. The van der Waals surface area contributed by atoms with Crippen LogP contribution in [0.1, 0.15) is 31.4 Å². The number of aliphatic hydroxyl groups is 1. The van der Waals surface area contributed by atoms with Gasteiger partial charge in [-0.1, -0.05) is 12.8 Å². The van der Waals surface area contributed by atoms with E-state index >= 15 is 0 Å². The average Bonchev–Trinajstić information content (AvgIpc) is 2.63. The zero-order chi connectivity index (χ0) is 17.6. The molecule has 25 heavy (non-hydrogen) atoms. The van der Waals surface area contributed by atoms with Crippen molar-refractivity contribution in [3.8, 4) is 11.4 Å². The van der Waals surface area contributed by atoms with Crippen molar-refractivity contribution in [2.75, 3.05) is 11.9 Å². The van der Waals surface area contributed by atoms with E-state index in [0.717, 1.165) is 36.9 Å². The molecule has 132 valence electrons. The number of amides is 2. The molecule has 3 N–H and O–H groups in total. The fourth-order valence-electron chi connectivity index (χ4n) is 3.24. The van der Waals surface area contributed by atoms with Crippen molar-refractivity contribution in [3.63, 3.8) is 0 Å². The standard InChI is InChI=1S/C19H24N4O2/c1-13-10-11-20-18(21-13)14-6-8-16(9-7-14)22-19(25)23-17-5-3-2-4-15(17)12-24/h6-11,15,17,24H,2-5,12H2,1H3,(H2,22,23,25)/t15-,17+/m0/s1. The summed E-state index contributed by atoms with van der Waals surface area (Å²) in [4.78, 5) is 20.9. The zero-order valence-electron chi connectivity index (χ0n) is 14.4. The highest BCUT2D eigenvalue weighted by atomic mass is 16.3. The van der Waals surface area contributed by atoms with Crippen LogP contribution in [0.5, 0.6) is 0 Å². The number of benzene rings is 1. The minimum absolute atomic E-state index is 0.0405. The minimum atomic E-state index is -0.232. The second-order valence-electron chi connectivity index (χ2n) is 6.53. The third-order valence-corrected chi connectivity index (χ3v) is 4.66. The molecule has 1 aliphatic carbocycles. The maximum absolute atomic E-state index is 12.2. The Kier molecular flexibility index (Phi) is 5.60. The topological polar surface area (TPSA) is 87.1 Å². The summed E-state index contributed by atoms with van der Waals surface area (Å²) < 4.78 is 0. The van der Waals surface area contributed by atoms with Crippen molar-refractivity contribution in [1.82, 2.24) is 15.3 Å². The van der Waals surface area contributed by atoms with Gasteiger partial charge in [-0.2, -0.15) is 0 Å². The molecule has 0 spiro atoms. The molecule has 1 aliphatic rings. The summed E-state index contributed by atoms with van der Waals surface area (Å²) in [5.74, 6) is 0.823. The molecule has 1 saturated carbocycles. The predicted octanol–water partition coefficient (Wildman–Crippen LogP) is 3.12. The lowest BCUT2D eigenvalue weighted by Crippen LogP contribution is -2.45. The first-order valence-electron chi connectivity index (χ1n) is 8.74. The highest BCUT2D eigenvalue weighted by molar-refractivity contribution is 5.89. The summed E-state index contributed by atoms with van der Waals surface area (Å²) in [6.07, 6.45) is 5.83. The van der Waals surface area contributed by atoms with Gasteiger partial charge in [-0.25, -0.2) is 14.8 Å². The van der Waals surface area contributed by atoms with Gasteiger partial charge in [0.05, 0.1) is 0 Å². The number of urea groups is 1. The number of aromatic nitrogens is 2. The highest BCUT2D eigenvalue weighted by Gasteiger charge is 2.25. The van der Waals surface area contributed by atoms with Crippen LogP contribution in [-0.2, 0) is 0 Å². The second kappa shape index (κ2) is 8.07. The van der Waals surface area contributed by atoms with Gasteiger partial charge in [0.15, 0.2) is 5.82 Å². The van der Waals surface area contributed by atoms with E-state index in [-0.39, 0.29) is 24.6 Å². The molecule has 0 saturated heterocycles. The normalized spacial score (nSPS) is 20.1. The molecule has 2 amide bonds. The molecule has 0 aliphatic heterocycles. The van der Waals surface area contributed by atoms with Gasteiger partial charge in [-0.15, -0.1) is 0 Å². The van der Waals surface area contributed by atoms with Gasteiger partial charge in [0.2, 0.25) is 0 Å². The predicted molar refractivity (Wildman–Crippen MR) is 97.2 cm³/mol. The van der Waals surface area contributed by atoms with Gasteiger partial charge >= 0.3 is 6.03 Å². The molecular weight excluding hydrogens is 316 g/mol.